The zero-order valence-corrected chi connectivity index (χ0v) is 9.82. The minimum absolute atomic E-state index is 0.179. The number of amides is 2. The number of urea groups is 1. The van der Waals surface area contributed by atoms with Gasteiger partial charge in [-0.3, -0.25) is 0 Å². The van der Waals surface area contributed by atoms with E-state index in [0.717, 1.165) is 12.8 Å². The van der Waals surface area contributed by atoms with Crippen LogP contribution < -0.4 is 21.1 Å². The minimum atomic E-state index is -0.179. The van der Waals surface area contributed by atoms with Crippen LogP contribution in [-0.4, -0.2) is 19.2 Å². The molecule has 5 nitrogen and oxygen atoms in total. The van der Waals surface area contributed by atoms with Crippen LogP contribution in [0.4, 0.5) is 16.2 Å². The summed E-state index contributed by atoms with van der Waals surface area (Å²) in [6, 6.07) is 5.30. The second-order valence-corrected chi connectivity index (χ2v) is 4.18. The largest absolute Gasteiger partial charge is 0.495 e. The Hall–Kier alpha value is -1.91. The molecule has 0 saturated heterocycles. The third-order valence-corrected chi connectivity index (χ3v) is 2.93. The van der Waals surface area contributed by atoms with E-state index in [4.69, 9.17) is 10.5 Å². The molecule has 1 fully saturated rings. The molecule has 5 heteroatoms. The van der Waals surface area contributed by atoms with Crippen molar-refractivity contribution >= 4 is 17.4 Å². The summed E-state index contributed by atoms with van der Waals surface area (Å²) in [6.45, 7) is 0. The number of nitrogens with one attached hydrogen (secondary N) is 2. The molecule has 0 aromatic heterocycles. The lowest BCUT2D eigenvalue weighted by atomic mass is 9.93. The van der Waals surface area contributed by atoms with Crippen LogP contribution in [0, 0.1) is 0 Å². The third kappa shape index (κ3) is 2.81. The van der Waals surface area contributed by atoms with Crippen LogP contribution in [0.25, 0.3) is 0 Å². The van der Waals surface area contributed by atoms with E-state index < -0.39 is 0 Å². The molecule has 0 spiro atoms. The second-order valence-electron chi connectivity index (χ2n) is 4.18. The number of nitrogens with two attached hydrogens (primary N) is 1. The van der Waals surface area contributed by atoms with E-state index in [2.05, 4.69) is 10.6 Å². The summed E-state index contributed by atoms with van der Waals surface area (Å²) in [5.41, 5.74) is 6.92. The Morgan fingerprint density at radius 2 is 2.24 bits per heavy atom. The van der Waals surface area contributed by atoms with Gasteiger partial charge in [0.1, 0.15) is 5.75 Å². The van der Waals surface area contributed by atoms with E-state index >= 15 is 0 Å². The SMILES string of the molecule is COc1cc(NC(=O)NC2CCC2)ccc1N. The molecule has 0 aliphatic heterocycles. The molecule has 92 valence electrons. The molecule has 1 saturated carbocycles. The molecular formula is C12H17N3O2. The molecule has 17 heavy (non-hydrogen) atoms. The summed E-state index contributed by atoms with van der Waals surface area (Å²) in [5, 5.41) is 5.65. The van der Waals surface area contributed by atoms with Crippen LogP contribution in [0.1, 0.15) is 19.3 Å². The molecule has 0 atom stereocenters. The van der Waals surface area contributed by atoms with Crippen molar-refractivity contribution in [1.29, 1.82) is 0 Å². The number of nitrogen functional groups attached to an aromatic ring is 1. The highest BCUT2D eigenvalue weighted by molar-refractivity contribution is 5.90. The normalized spacial score (nSPS) is 14.9. The number of ether oxygens (including phenoxy) is 1. The number of anilines is 2. The molecule has 0 bridgehead atoms. The average molecular weight is 235 g/mol. The fourth-order valence-corrected chi connectivity index (χ4v) is 1.69. The van der Waals surface area contributed by atoms with Crippen LogP contribution >= 0.6 is 0 Å². The Bertz CT molecular complexity index is 416. The quantitative estimate of drug-likeness (QED) is 0.701. The first-order chi connectivity index (χ1) is 8.19. The predicted octanol–water partition coefficient (Wildman–Crippen LogP) is 1.95. The number of carbonyl (C=O) groups is 1. The molecule has 1 aromatic rings. The molecule has 0 heterocycles. The van der Waals surface area contributed by atoms with Crippen LogP contribution in [-0.2, 0) is 0 Å². The number of benzene rings is 1. The lowest BCUT2D eigenvalue weighted by Crippen LogP contribution is -2.41. The second kappa shape index (κ2) is 4.95. The van der Waals surface area contributed by atoms with Crippen molar-refractivity contribution in [2.75, 3.05) is 18.2 Å². The van der Waals surface area contributed by atoms with Gasteiger partial charge >= 0.3 is 6.03 Å². The van der Waals surface area contributed by atoms with Gasteiger partial charge in [-0.2, -0.15) is 0 Å². The van der Waals surface area contributed by atoms with Gasteiger partial charge in [-0.25, -0.2) is 4.79 Å². The van der Waals surface area contributed by atoms with Crippen molar-refractivity contribution in [3.8, 4) is 5.75 Å². The lowest BCUT2D eigenvalue weighted by molar-refractivity contribution is 0.240. The van der Waals surface area contributed by atoms with Crippen molar-refractivity contribution in [3.05, 3.63) is 18.2 Å². The maximum absolute atomic E-state index is 11.6. The third-order valence-electron chi connectivity index (χ3n) is 2.93. The van der Waals surface area contributed by atoms with Crippen LogP contribution in [0.5, 0.6) is 5.75 Å². The van der Waals surface area contributed by atoms with Gasteiger partial charge in [0.15, 0.2) is 0 Å². The first-order valence-corrected chi connectivity index (χ1v) is 5.70. The van der Waals surface area contributed by atoms with Crippen molar-refractivity contribution in [2.24, 2.45) is 0 Å². The van der Waals surface area contributed by atoms with Crippen LogP contribution in [0.15, 0.2) is 18.2 Å². The number of rotatable bonds is 3. The Morgan fingerprint density at radius 1 is 1.47 bits per heavy atom. The minimum Gasteiger partial charge on any atom is -0.495 e. The van der Waals surface area contributed by atoms with Crippen LogP contribution in [0.2, 0.25) is 0 Å². The molecule has 4 N–H and O–H groups in total. The Balaban J connectivity index is 1.95. The Kier molecular flexibility index (Phi) is 3.37. The maximum Gasteiger partial charge on any atom is 0.319 e. The molecule has 1 aliphatic rings. The summed E-state index contributed by atoms with van der Waals surface area (Å²) >= 11 is 0. The summed E-state index contributed by atoms with van der Waals surface area (Å²) < 4.78 is 5.08. The van der Waals surface area contributed by atoms with E-state index in [0.29, 0.717) is 23.2 Å². The number of carbonyl (C=O) groups excluding carboxylic acids is 1. The van der Waals surface area contributed by atoms with Gasteiger partial charge in [-0.15, -0.1) is 0 Å². The fraction of sp³-hybridized carbons (Fsp3) is 0.417. The highest BCUT2D eigenvalue weighted by atomic mass is 16.5. The highest BCUT2D eigenvalue weighted by Crippen LogP contribution is 2.25. The average Bonchev–Trinajstić information content (AvgIpc) is 2.26. The lowest BCUT2D eigenvalue weighted by Gasteiger charge is -2.26. The molecule has 2 rings (SSSR count). The molecule has 0 unspecified atom stereocenters. The van der Waals surface area contributed by atoms with Gasteiger partial charge in [0.2, 0.25) is 0 Å². The van der Waals surface area contributed by atoms with Gasteiger partial charge in [-0.05, 0) is 31.4 Å². The van der Waals surface area contributed by atoms with E-state index in [-0.39, 0.29) is 6.03 Å². The Labute approximate surface area is 100 Å². The molecule has 2 amide bonds. The standard InChI is InChI=1S/C12H17N3O2/c1-17-11-7-9(5-6-10(11)13)15-12(16)14-8-3-2-4-8/h5-8H,2-4,13H2,1H3,(H2,14,15,16). The van der Waals surface area contributed by atoms with E-state index in [1.807, 2.05) is 0 Å². The van der Waals surface area contributed by atoms with Crippen LogP contribution in [0.3, 0.4) is 0 Å². The van der Waals surface area contributed by atoms with E-state index in [9.17, 15) is 4.79 Å². The fourth-order valence-electron chi connectivity index (χ4n) is 1.69. The first-order valence-electron chi connectivity index (χ1n) is 5.70. The van der Waals surface area contributed by atoms with Crippen molar-refractivity contribution in [1.82, 2.24) is 5.32 Å². The Morgan fingerprint density at radius 3 is 2.82 bits per heavy atom. The van der Waals surface area contributed by atoms with Gasteiger partial charge in [0, 0.05) is 17.8 Å². The van der Waals surface area contributed by atoms with E-state index in [1.165, 1.54) is 6.42 Å². The van der Waals surface area contributed by atoms with Crippen molar-refractivity contribution < 1.29 is 9.53 Å². The summed E-state index contributed by atoms with van der Waals surface area (Å²) in [7, 11) is 1.55. The van der Waals surface area contributed by atoms with Gasteiger partial charge < -0.3 is 21.1 Å². The zero-order valence-electron chi connectivity index (χ0n) is 9.82. The smallest absolute Gasteiger partial charge is 0.319 e. The maximum atomic E-state index is 11.6. The number of hydrogen-bond donors (Lipinski definition) is 3. The monoisotopic (exact) mass is 235 g/mol. The van der Waals surface area contributed by atoms with E-state index in [1.54, 1.807) is 25.3 Å². The summed E-state index contributed by atoms with van der Waals surface area (Å²) in [4.78, 5) is 11.6. The van der Waals surface area contributed by atoms with Gasteiger partial charge in [0.25, 0.3) is 0 Å². The van der Waals surface area contributed by atoms with Gasteiger partial charge in [0.05, 0.1) is 12.8 Å². The molecule has 0 radical (unpaired) electrons. The van der Waals surface area contributed by atoms with Crippen molar-refractivity contribution in [3.63, 3.8) is 0 Å². The zero-order chi connectivity index (χ0) is 12.3. The van der Waals surface area contributed by atoms with Crippen molar-refractivity contribution in [2.45, 2.75) is 25.3 Å². The van der Waals surface area contributed by atoms with Gasteiger partial charge in [-0.1, -0.05) is 0 Å². The summed E-state index contributed by atoms with van der Waals surface area (Å²) in [5.74, 6) is 0.562. The molecular weight excluding hydrogens is 218 g/mol. The highest BCUT2D eigenvalue weighted by Gasteiger charge is 2.19. The molecule has 1 aliphatic carbocycles. The summed E-state index contributed by atoms with van der Waals surface area (Å²) in [6.07, 6.45) is 3.33. The predicted molar refractivity (Wildman–Crippen MR) is 67.2 cm³/mol. The first kappa shape index (κ1) is 11.6. The molecule has 1 aromatic carbocycles. The topological polar surface area (TPSA) is 76.4 Å². The number of hydrogen-bond acceptors (Lipinski definition) is 3. The number of methoxy groups -OCH3 is 1.